The van der Waals surface area contributed by atoms with Crippen molar-refractivity contribution < 1.29 is 18.8 Å². The molecule has 2 fully saturated rings. The minimum atomic E-state index is -0.551. The fraction of sp³-hybridized carbons (Fsp3) is 0.321. The highest BCUT2D eigenvalue weighted by atomic mass is 19.1. The predicted molar refractivity (Wildman–Crippen MR) is 132 cm³/mol. The molecule has 36 heavy (non-hydrogen) atoms. The molecule has 7 nitrogen and oxygen atoms in total. The first-order chi connectivity index (χ1) is 17.5. The number of piperidine rings is 1. The first-order valence-electron chi connectivity index (χ1n) is 12.4. The third kappa shape index (κ3) is 4.01. The molecule has 0 atom stereocenters. The quantitative estimate of drug-likeness (QED) is 0.601. The number of benzene rings is 3. The van der Waals surface area contributed by atoms with Gasteiger partial charge >= 0.3 is 6.03 Å². The van der Waals surface area contributed by atoms with Gasteiger partial charge in [0.05, 0.1) is 13.1 Å². The lowest BCUT2D eigenvalue weighted by molar-refractivity contribution is -0.123. The largest absolute Gasteiger partial charge is 0.342 e. The molecule has 3 aromatic rings. The van der Waals surface area contributed by atoms with Gasteiger partial charge in [0.15, 0.2) is 0 Å². The van der Waals surface area contributed by atoms with Gasteiger partial charge in [0.25, 0.3) is 5.91 Å². The second-order valence-corrected chi connectivity index (χ2v) is 9.81. The number of nitrogens with zero attached hydrogens (tertiary/aromatic N) is 3. The predicted octanol–water partition coefficient (Wildman–Crippen LogP) is 4.17. The van der Waals surface area contributed by atoms with Crippen molar-refractivity contribution in [3.05, 3.63) is 82.7 Å². The van der Waals surface area contributed by atoms with Crippen molar-refractivity contribution in [2.45, 2.75) is 38.3 Å². The van der Waals surface area contributed by atoms with Crippen molar-refractivity contribution in [3.63, 3.8) is 0 Å². The second kappa shape index (κ2) is 9.02. The van der Waals surface area contributed by atoms with Crippen molar-refractivity contribution in [3.8, 4) is 0 Å². The van der Waals surface area contributed by atoms with E-state index in [2.05, 4.69) is 22.3 Å². The molecule has 2 saturated heterocycles. The summed E-state index contributed by atoms with van der Waals surface area (Å²) < 4.78 is 14.3. The molecule has 6 rings (SSSR count). The molecule has 0 saturated carbocycles. The number of hydrogen-bond donors (Lipinski definition) is 1. The Morgan fingerprint density at radius 3 is 2.47 bits per heavy atom. The number of likely N-dealkylation sites (tertiary alicyclic amines) is 1. The first-order valence-corrected chi connectivity index (χ1v) is 12.4. The van der Waals surface area contributed by atoms with Crippen LogP contribution in [-0.4, -0.2) is 52.4 Å². The molecular formula is C28H27FN4O3. The number of halogens is 1. The van der Waals surface area contributed by atoms with Gasteiger partial charge in [0.2, 0.25) is 5.91 Å². The van der Waals surface area contributed by atoms with Crippen LogP contribution in [0.15, 0.2) is 54.6 Å². The number of nitrogens with one attached hydrogen (secondary N) is 1. The van der Waals surface area contributed by atoms with Gasteiger partial charge in [-0.25, -0.2) is 19.2 Å². The maximum atomic E-state index is 14.3. The van der Waals surface area contributed by atoms with Crippen LogP contribution in [0.25, 0.3) is 10.8 Å². The van der Waals surface area contributed by atoms with Crippen LogP contribution >= 0.6 is 0 Å². The molecule has 0 unspecified atom stereocenters. The number of hydrogen-bond acceptors (Lipinski definition) is 4. The topological polar surface area (TPSA) is 73.0 Å². The molecule has 0 aliphatic carbocycles. The van der Waals surface area contributed by atoms with E-state index in [4.69, 9.17) is 0 Å². The lowest BCUT2D eigenvalue weighted by Crippen LogP contribution is -2.56. The number of amides is 4. The smallest absolute Gasteiger partial charge is 0.299 e. The van der Waals surface area contributed by atoms with E-state index >= 15 is 0 Å². The van der Waals surface area contributed by atoms with Crippen molar-refractivity contribution in [2.24, 2.45) is 0 Å². The monoisotopic (exact) mass is 486 g/mol. The fourth-order valence-electron chi connectivity index (χ4n) is 5.75. The van der Waals surface area contributed by atoms with E-state index < -0.39 is 6.03 Å². The summed E-state index contributed by atoms with van der Waals surface area (Å²) in [6.07, 6.45) is 2.20. The Hall–Kier alpha value is -3.78. The highest BCUT2D eigenvalue weighted by molar-refractivity contribution is 6.02. The Bertz CT molecular complexity index is 1380. The minimum absolute atomic E-state index is 0.171. The van der Waals surface area contributed by atoms with E-state index in [0.29, 0.717) is 23.4 Å². The molecule has 3 heterocycles. The third-order valence-corrected chi connectivity index (χ3v) is 7.61. The van der Waals surface area contributed by atoms with Gasteiger partial charge in [-0.15, -0.1) is 0 Å². The van der Waals surface area contributed by atoms with E-state index in [1.165, 1.54) is 21.6 Å². The van der Waals surface area contributed by atoms with Crippen LogP contribution in [-0.2, 0) is 17.9 Å². The van der Waals surface area contributed by atoms with Gasteiger partial charge in [-0.05, 0) is 66.1 Å². The molecule has 4 amide bonds. The molecular weight excluding hydrogens is 459 g/mol. The van der Waals surface area contributed by atoms with Crippen LogP contribution in [0.4, 0.5) is 9.18 Å². The molecule has 8 heteroatoms. The number of imide groups is 1. The summed E-state index contributed by atoms with van der Waals surface area (Å²) in [5, 5.41) is 6.73. The SMILES string of the molecule is O=C1CCN(N2Cc3cc(CN4CCC(c5cccc6c(F)cccc56)CC4)ccc3C2=O)C(=O)N1. The molecule has 3 aliphatic rings. The van der Waals surface area contributed by atoms with Gasteiger partial charge in [0.1, 0.15) is 5.82 Å². The summed E-state index contributed by atoms with van der Waals surface area (Å²) in [4.78, 5) is 39.0. The molecule has 3 aliphatic heterocycles. The van der Waals surface area contributed by atoms with Crippen LogP contribution in [0.5, 0.6) is 0 Å². The van der Waals surface area contributed by atoms with Gasteiger partial charge in [-0.1, -0.05) is 42.5 Å². The molecule has 0 bridgehead atoms. The summed E-state index contributed by atoms with van der Waals surface area (Å²) in [5.74, 6) is -0.303. The van der Waals surface area contributed by atoms with E-state index in [1.54, 1.807) is 6.07 Å². The summed E-state index contributed by atoms with van der Waals surface area (Å²) in [6, 6.07) is 16.6. The van der Waals surface area contributed by atoms with Crippen molar-refractivity contribution >= 4 is 28.6 Å². The Labute approximate surface area is 208 Å². The maximum Gasteiger partial charge on any atom is 0.342 e. The van der Waals surface area contributed by atoms with E-state index in [1.807, 2.05) is 30.3 Å². The zero-order chi connectivity index (χ0) is 24.8. The summed E-state index contributed by atoms with van der Waals surface area (Å²) >= 11 is 0. The Kier molecular flexibility index (Phi) is 5.68. The highest BCUT2D eigenvalue weighted by Gasteiger charge is 2.37. The van der Waals surface area contributed by atoms with Crippen molar-refractivity contribution in [1.82, 2.24) is 20.2 Å². The zero-order valence-corrected chi connectivity index (χ0v) is 19.9. The van der Waals surface area contributed by atoms with Crippen molar-refractivity contribution in [1.29, 1.82) is 0 Å². The van der Waals surface area contributed by atoms with Crippen LogP contribution in [0.2, 0.25) is 0 Å². The molecule has 3 aromatic carbocycles. The Morgan fingerprint density at radius 2 is 1.67 bits per heavy atom. The van der Waals surface area contributed by atoms with Crippen LogP contribution in [0.1, 0.15) is 52.2 Å². The molecule has 0 radical (unpaired) electrons. The highest BCUT2D eigenvalue weighted by Crippen LogP contribution is 2.34. The number of rotatable bonds is 4. The maximum absolute atomic E-state index is 14.3. The lowest BCUT2D eigenvalue weighted by atomic mass is 9.86. The summed E-state index contributed by atoms with van der Waals surface area (Å²) in [5.41, 5.74) is 3.86. The zero-order valence-electron chi connectivity index (χ0n) is 19.9. The number of urea groups is 1. The number of carbonyl (C=O) groups is 3. The average molecular weight is 487 g/mol. The van der Waals surface area contributed by atoms with Crippen LogP contribution < -0.4 is 5.32 Å². The number of carbonyl (C=O) groups excluding carboxylic acids is 3. The standard InChI is InChI=1S/C28H27FN4O3/c29-25-6-2-4-23-21(3-1-5-24(23)25)19-9-12-31(13-10-19)16-18-7-8-22-20(15-18)17-33(27(22)35)32-14-11-26(34)30-28(32)36/h1-8,15,19H,9-14,16-17H2,(H,30,34,36). The normalized spacial score (nSPS) is 19.2. The minimum Gasteiger partial charge on any atom is -0.299 e. The summed E-state index contributed by atoms with van der Waals surface area (Å²) in [6.45, 7) is 3.21. The Morgan fingerprint density at radius 1 is 0.889 bits per heavy atom. The van der Waals surface area contributed by atoms with Crippen molar-refractivity contribution in [2.75, 3.05) is 19.6 Å². The molecule has 184 valence electrons. The van der Waals surface area contributed by atoms with E-state index in [9.17, 15) is 18.8 Å². The van der Waals surface area contributed by atoms with Gasteiger partial charge in [-0.3, -0.25) is 19.8 Å². The first kappa shape index (κ1) is 22.7. The molecule has 0 spiro atoms. The van der Waals surface area contributed by atoms with E-state index in [-0.39, 0.29) is 30.6 Å². The van der Waals surface area contributed by atoms with E-state index in [0.717, 1.165) is 49.0 Å². The molecule has 1 N–H and O–H groups in total. The lowest BCUT2D eigenvalue weighted by Gasteiger charge is -2.33. The fourth-order valence-corrected chi connectivity index (χ4v) is 5.75. The third-order valence-electron chi connectivity index (χ3n) is 7.61. The van der Waals surface area contributed by atoms with Gasteiger partial charge < -0.3 is 0 Å². The molecule has 0 aromatic heterocycles. The van der Waals surface area contributed by atoms with Crippen LogP contribution in [0.3, 0.4) is 0 Å². The Balaban J connectivity index is 1.11. The summed E-state index contributed by atoms with van der Waals surface area (Å²) in [7, 11) is 0. The second-order valence-electron chi connectivity index (χ2n) is 9.81. The average Bonchev–Trinajstić information content (AvgIpc) is 3.20. The van der Waals surface area contributed by atoms with Gasteiger partial charge in [0, 0.05) is 23.9 Å². The van der Waals surface area contributed by atoms with Gasteiger partial charge in [-0.2, -0.15) is 0 Å². The van der Waals surface area contributed by atoms with Crippen LogP contribution in [0, 0.1) is 5.82 Å². The number of hydrazine groups is 1. The number of fused-ring (bicyclic) bond motifs is 2.